The molecule has 0 bridgehead atoms. The highest BCUT2D eigenvalue weighted by molar-refractivity contribution is 5.63. The Morgan fingerprint density at radius 2 is 1.68 bits per heavy atom. The molecule has 0 aliphatic rings. The molecular weight excluding hydrogens is 236 g/mol. The average Bonchev–Trinajstić information content (AvgIpc) is 2.35. The number of rotatable bonds is 2. The number of benzene rings is 1. The monoisotopic (exact) mass is 256 g/mol. The summed E-state index contributed by atoms with van der Waals surface area (Å²) in [6.45, 7) is 8.50. The molecule has 1 aromatic carbocycles. The highest BCUT2D eigenvalue weighted by Crippen LogP contribution is 2.25. The number of nitrogen functional groups attached to an aromatic ring is 1. The molecule has 0 amide bonds. The molecule has 1 aromatic heterocycles. The van der Waals surface area contributed by atoms with Crippen LogP contribution in [0.1, 0.15) is 31.9 Å². The van der Waals surface area contributed by atoms with Crippen LogP contribution in [0, 0.1) is 6.92 Å². The van der Waals surface area contributed by atoms with Crippen LogP contribution in [0.4, 0.5) is 17.3 Å². The van der Waals surface area contributed by atoms with E-state index in [0.29, 0.717) is 5.82 Å². The van der Waals surface area contributed by atoms with E-state index in [2.05, 4.69) is 60.3 Å². The van der Waals surface area contributed by atoms with Gasteiger partial charge in [-0.3, -0.25) is 0 Å². The fourth-order valence-electron chi connectivity index (χ4n) is 1.78. The number of nitrogens with zero attached hydrogens (tertiary/aromatic N) is 2. The Kier molecular flexibility index (Phi) is 3.42. The van der Waals surface area contributed by atoms with Gasteiger partial charge in [-0.05, 0) is 30.0 Å². The van der Waals surface area contributed by atoms with Gasteiger partial charge in [0.2, 0.25) is 0 Å². The Hall–Kier alpha value is -2.10. The highest BCUT2D eigenvalue weighted by Gasteiger charge is 2.13. The molecule has 19 heavy (non-hydrogen) atoms. The Morgan fingerprint density at radius 3 is 2.26 bits per heavy atom. The molecule has 0 aliphatic heterocycles. The number of hydrogen-bond acceptors (Lipinski definition) is 4. The molecule has 0 fully saturated rings. The second-order valence-corrected chi connectivity index (χ2v) is 5.68. The molecule has 0 atom stereocenters. The van der Waals surface area contributed by atoms with E-state index in [1.165, 1.54) is 11.9 Å². The molecule has 1 heterocycles. The summed E-state index contributed by atoms with van der Waals surface area (Å²) in [7, 11) is 0. The second kappa shape index (κ2) is 4.88. The number of nitrogens with one attached hydrogen (secondary N) is 1. The van der Waals surface area contributed by atoms with Crippen molar-refractivity contribution in [1.29, 1.82) is 0 Å². The molecule has 0 aliphatic carbocycles. The predicted molar refractivity (Wildman–Crippen MR) is 79.6 cm³/mol. The first-order valence-corrected chi connectivity index (χ1v) is 6.32. The number of anilines is 3. The minimum absolute atomic E-state index is 0.161. The van der Waals surface area contributed by atoms with Crippen LogP contribution in [0.15, 0.2) is 30.6 Å². The summed E-state index contributed by atoms with van der Waals surface area (Å²) in [4.78, 5) is 8.16. The van der Waals surface area contributed by atoms with Gasteiger partial charge in [0.15, 0.2) is 0 Å². The first kappa shape index (κ1) is 13.3. The van der Waals surface area contributed by atoms with Crippen LogP contribution < -0.4 is 11.1 Å². The van der Waals surface area contributed by atoms with Gasteiger partial charge < -0.3 is 11.1 Å². The third kappa shape index (κ3) is 3.02. The van der Waals surface area contributed by atoms with Crippen LogP contribution in [-0.2, 0) is 5.41 Å². The van der Waals surface area contributed by atoms with Gasteiger partial charge in [-0.2, -0.15) is 0 Å². The third-order valence-corrected chi connectivity index (χ3v) is 3.14. The largest absolute Gasteiger partial charge is 0.383 e. The summed E-state index contributed by atoms with van der Waals surface area (Å²) >= 11 is 0. The van der Waals surface area contributed by atoms with Crippen LogP contribution in [-0.4, -0.2) is 9.97 Å². The normalized spacial score (nSPS) is 11.4. The van der Waals surface area contributed by atoms with E-state index in [4.69, 9.17) is 5.73 Å². The van der Waals surface area contributed by atoms with Gasteiger partial charge in [0, 0.05) is 11.3 Å². The Bertz CT molecular complexity index is 568. The molecule has 4 nitrogen and oxygen atoms in total. The van der Waals surface area contributed by atoms with E-state index >= 15 is 0 Å². The van der Waals surface area contributed by atoms with Crippen molar-refractivity contribution >= 4 is 17.3 Å². The average molecular weight is 256 g/mol. The van der Waals surface area contributed by atoms with Crippen molar-refractivity contribution in [2.24, 2.45) is 0 Å². The van der Waals surface area contributed by atoms with Crippen LogP contribution in [0.5, 0.6) is 0 Å². The number of nitrogens with two attached hydrogens (primary N) is 1. The Balaban J connectivity index is 2.23. The standard InChI is InChI=1S/C15H20N4/c1-10-13(16)17-9-18-14(10)19-12-7-5-11(6-8-12)15(2,3)4/h5-9H,1-4H3,(H3,16,17,18,19). The maximum atomic E-state index is 5.76. The van der Waals surface area contributed by atoms with Crippen LogP contribution in [0.3, 0.4) is 0 Å². The third-order valence-electron chi connectivity index (χ3n) is 3.14. The lowest BCUT2D eigenvalue weighted by Crippen LogP contribution is -2.10. The predicted octanol–water partition coefficient (Wildman–Crippen LogP) is 3.41. The van der Waals surface area contributed by atoms with Gasteiger partial charge in [-0.25, -0.2) is 9.97 Å². The van der Waals surface area contributed by atoms with Gasteiger partial charge in [-0.15, -0.1) is 0 Å². The Morgan fingerprint density at radius 1 is 1.05 bits per heavy atom. The second-order valence-electron chi connectivity index (χ2n) is 5.68. The molecule has 0 saturated carbocycles. The van der Waals surface area contributed by atoms with Crippen molar-refractivity contribution in [3.8, 4) is 0 Å². The van der Waals surface area contributed by atoms with E-state index in [1.54, 1.807) is 0 Å². The number of hydrogen-bond donors (Lipinski definition) is 2. The molecular formula is C15H20N4. The van der Waals surface area contributed by atoms with E-state index in [-0.39, 0.29) is 5.41 Å². The molecule has 0 unspecified atom stereocenters. The van der Waals surface area contributed by atoms with E-state index in [0.717, 1.165) is 17.1 Å². The van der Waals surface area contributed by atoms with Crippen molar-refractivity contribution in [2.75, 3.05) is 11.1 Å². The summed E-state index contributed by atoms with van der Waals surface area (Å²) in [6, 6.07) is 8.36. The molecule has 2 rings (SSSR count). The summed E-state index contributed by atoms with van der Waals surface area (Å²) in [6.07, 6.45) is 1.47. The summed E-state index contributed by atoms with van der Waals surface area (Å²) in [5.41, 5.74) is 9.09. The topological polar surface area (TPSA) is 63.8 Å². The van der Waals surface area contributed by atoms with Gasteiger partial charge >= 0.3 is 0 Å². The van der Waals surface area contributed by atoms with Gasteiger partial charge in [0.1, 0.15) is 18.0 Å². The van der Waals surface area contributed by atoms with Crippen molar-refractivity contribution in [3.63, 3.8) is 0 Å². The maximum absolute atomic E-state index is 5.76. The highest BCUT2D eigenvalue weighted by atomic mass is 15.0. The van der Waals surface area contributed by atoms with E-state index in [1.807, 2.05) is 6.92 Å². The first-order chi connectivity index (χ1) is 8.88. The molecule has 4 heteroatoms. The van der Waals surface area contributed by atoms with Crippen LogP contribution >= 0.6 is 0 Å². The molecule has 3 N–H and O–H groups in total. The quantitative estimate of drug-likeness (QED) is 0.864. The zero-order valence-electron chi connectivity index (χ0n) is 11.9. The smallest absolute Gasteiger partial charge is 0.138 e. The van der Waals surface area contributed by atoms with E-state index < -0.39 is 0 Å². The molecule has 2 aromatic rings. The van der Waals surface area contributed by atoms with Crippen molar-refractivity contribution < 1.29 is 0 Å². The summed E-state index contributed by atoms with van der Waals surface area (Å²) < 4.78 is 0. The van der Waals surface area contributed by atoms with Crippen molar-refractivity contribution in [1.82, 2.24) is 9.97 Å². The van der Waals surface area contributed by atoms with Crippen molar-refractivity contribution in [3.05, 3.63) is 41.7 Å². The van der Waals surface area contributed by atoms with Crippen molar-refractivity contribution in [2.45, 2.75) is 33.1 Å². The Labute approximate surface area is 114 Å². The first-order valence-electron chi connectivity index (χ1n) is 6.32. The minimum Gasteiger partial charge on any atom is -0.383 e. The lowest BCUT2D eigenvalue weighted by molar-refractivity contribution is 0.590. The van der Waals surface area contributed by atoms with Crippen LogP contribution in [0.25, 0.3) is 0 Å². The fourth-order valence-corrected chi connectivity index (χ4v) is 1.78. The maximum Gasteiger partial charge on any atom is 0.138 e. The molecule has 0 saturated heterocycles. The summed E-state index contributed by atoms with van der Waals surface area (Å²) in [5.74, 6) is 1.25. The van der Waals surface area contributed by atoms with Crippen LogP contribution in [0.2, 0.25) is 0 Å². The van der Waals surface area contributed by atoms with Gasteiger partial charge in [0.05, 0.1) is 0 Å². The van der Waals surface area contributed by atoms with E-state index in [9.17, 15) is 0 Å². The fraction of sp³-hybridized carbons (Fsp3) is 0.333. The zero-order chi connectivity index (χ0) is 14.0. The summed E-state index contributed by atoms with van der Waals surface area (Å²) in [5, 5.41) is 3.26. The molecule has 100 valence electrons. The molecule has 0 spiro atoms. The lowest BCUT2D eigenvalue weighted by atomic mass is 9.87. The SMILES string of the molecule is Cc1c(N)ncnc1Nc1ccc(C(C)(C)C)cc1. The lowest BCUT2D eigenvalue weighted by Gasteiger charge is -2.19. The zero-order valence-corrected chi connectivity index (χ0v) is 11.9. The minimum atomic E-state index is 0.161. The van der Waals surface area contributed by atoms with Gasteiger partial charge in [-0.1, -0.05) is 32.9 Å². The number of aromatic nitrogens is 2. The van der Waals surface area contributed by atoms with Gasteiger partial charge in [0.25, 0.3) is 0 Å². The molecule has 0 radical (unpaired) electrons.